The molecule has 4 aromatic rings. The Kier molecular flexibility index (Phi) is 9.71. The summed E-state index contributed by atoms with van der Waals surface area (Å²) < 4.78 is 2.76. The zero-order valence-electron chi connectivity index (χ0n) is 21.9. The summed E-state index contributed by atoms with van der Waals surface area (Å²) in [5, 5.41) is 11.4. The number of nitrogens with one attached hydrogen (secondary N) is 2. The van der Waals surface area contributed by atoms with Crippen LogP contribution in [0.1, 0.15) is 67.0 Å². The van der Waals surface area contributed by atoms with Crippen LogP contribution in [0.2, 0.25) is 0 Å². The van der Waals surface area contributed by atoms with Crippen molar-refractivity contribution in [2.45, 2.75) is 64.8 Å². The number of pyridine rings is 1. The van der Waals surface area contributed by atoms with Gasteiger partial charge in [-0.2, -0.15) is 9.61 Å². The number of halogens is 1. The van der Waals surface area contributed by atoms with Crippen molar-refractivity contribution >= 4 is 27.4 Å². The number of aromatic nitrogens is 4. The molecule has 1 aromatic carbocycles. The van der Waals surface area contributed by atoms with Crippen molar-refractivity contribution in [2.75, 3.05) is 11.9 Å². The maximum atomic E-state index is 5.06. The lowest BCUT2D eigenvalue weighted by molar-refractivity contribution is 0.532. The SMILES string of the molecule is C=CNCCC(CCCc1cc(CC)cc(CC)c1)c1cc(NCc2cccnc2)n2ncc(Br)c2n1. The van der Waals surface area contributed by atoms with Crippen LogP contribution in [0.3, 0.4) is 0 Å². The highest BCUT2D eigenvalue weighted by Crippen LogP contribution is 2.29. The second kappa shape index (κ2) is 13.4. The molecule has 194 valence electrons. The van der Waals surface area contributed by atoms with E-state index in [0.29, 0.717) is 12.5 Å². The van der Waals surface area contributed by atoms with Crippen LogP contribution in [-0.2, 0) is 25.8 Å². The number of aryl methyl sites for hydroxylation is 3. The number of fused-ring (bicyclic) bond motifs is 1. The zero-order valence-corrected chi connectivity index (χ0v) is 23.5. The van der Waals surface area contributed by atoms with E-state index in [2.05, 4.69) is 87.4 Å². The number of nitrogens with zero attached hydrogens (tertiary/aromatic N) is 4. The molecule has 37 heavy (non-hydrogen) atoms. The first-order valence-corrected chi connectivity index (χ1v) is 14.0. The van der Waals surface area contributed by atoms with Gasteiger partial charge in [0.15, 0.2) is 5.65 Å². The molecule has 0 fully saturated rings. The summed E-state index contributed by atoms with van der Waals surface area (Å²) in [5.74, 6) is 1.25. The molecular formula is C30H37BrN6. The summed E-state index contributed by atoms with van der Waals surface area (Å²) in [5.41, 5.74) is 7.35. The fourth-order valence-electron chi connectivity index (χ4n) is 4.73. The third-order valence-corrected chi connectivity index (χ3v) is 7.35. The molecule has 0 aliphatic heterocycles. The van der Waals surface area contributed by atoms with Gasteiger partial charge >= 0.3 is 0 Å². The maximum Gasteiger partial charge on any atom is 0.171 e. The first kappa shape index (κ1) is 26.9. The van der Waals surface area contributed by atoms with Gasteiger partial charge in [0.05, 0.1) is 10.7 Å². The highest BCUT2D eigenvalue weighted by atomic mass is 79.9. The van der Waals surface area contributed by atoms with E-state index in [1.54, 1.807) is 12.4 Å². The van der Waals surface area contributed by atoms with Gasteiger partial charge in [-0.25, -0.2) is 4.98 Å². The molecule has 1 unspecified atom stereocenters. The second-order valence-electron chi connectivity index (χ2n) is 9.41. The Morgan fingerprint density at radius 2 is 1.81 bits per heavy atom. The normalized spacial score (nSPS) is 12.0. The molecule has 0 spiro atoms. The average molecular weight is 562 g/mol. The van der Waals surface area contributed by atoms with Gasteiger partial charge in [0.2, 0.25) is 0 Å². The quantitative estimate of drug-likeness (QED) is 0.165. The predicted molar refractivity (Wildman–Crippen MR) is 156 cm³/mol. The summed E-state index contributed by atoms with van der Waals surface area (Å²) in [4.78, 5) is 9.29. The third-order valence-electron chi connectivity index (χ3n) is 6.79. The van der Waals surface area contributed by atoms with Crippen molar-refractivity contribution in [1.82, 2.24) is 24.9 Å². The summed E-state index contributed by atoms with van der Waals surface area (Å²) in [6.45, 7) is 9.82. The molecule has 0 saturated carbocycles. The van der Waals surface area contributed by atoms with Crippen LogP contribution >= 0.6 is 15.9 Å². The lowest BCUT2D eigenvalue weighted by atomic mass is 9.92. The van der Waals surface area contributed by atoms with E-state index >= 15 is 0 Å². The van der Waals surface area contributed by atoms with Crippen molar-refractivity contribution in [3.63, 3.8) is 0 Å². The van der Waals surface area contributed by atoms with Crippen LogP contribution in [0, 0.1) is 0 Å². The van der Waals surface area contributed by atoms with Gasteiger partial charge < -0.3 is 10.6 Å². The van der Waals surface area contributed by atoms with E-state index in [0.717, 1.165) is 72.3 Å². The zero-order chi connectivity index (χ0) is 26.0. The van der Waals surface area contributed by atoms with Crippen LogP contribution in [-0.4, -0.2) is 26.1 Å². The van der Waals surface area contributed by atoms with Crippen LogP contribution in [0.4, 0.5) is 5.82 Å². The second-order valence-corrected chi connectivity index (χ2v) is 10.3. The molecule has 3 aromatic heterocycles. The maximum absolute atomic E-state index is 5.06. The molecule has 0 saturated heterocycles. The molecule has 0 bridgehead atoms. The minimum absolute atomic E-state index is 0.318. The van der Waals surface area contributed by atoms with Crippen molar-refractivity contribution in [1.29, 1.82) is 0 Å². The molecule has 0 amide bonds. The van der Waals surface area contributed by atoms with Gasteiger partial charge in [-0.15, -0.1) is 0 Å². The molecular weight excluding hydrogens is 524 g/mol. The van der Waals surface area contributed by atoms with Crippen LogP contribution < -0.4 is 10.6 Å². The summed E-state index contributed by atoms with van der Waals surface area (Å²) in [6, 6.07) is 13.3. The Balaban J connectivity index is 1.55. The average Bonchev–Trinajstić information content (AvgIpc) is 3.31. The standard InChI is InChI=1S/C30H37BrN6/c1-4-22-15-23(5-2)17-24(16-22)9-7-11-26(12-14-32-6-3)28-18-29(34-20-25-10-8-13-33-19-25)37-30(36-28)27(31)21-35-37/h6,8,10,13,15-19,21,26,32,34H,3-5,7,9,11-12,14,20H2,1-2H3. The lowest BCUT2D eigenvalue weighted by Crippen LogP contribution is -2.14. The molecule has 1 atom stereocenters. The summed E-state index contributed by atoms with van der Waals surface area (Å²) in [6.07, 6.45) is 13.6. The van der Waals surface area contributed by atoms with E-state index in [-0.39, 0.29) is 0 Å². The predicted octanol–water partition coefficient (Wildman–Crippen LogP) is 6.85. The number of benzene rings is 1. The van der Waals surface area contributed by atoms with Gasteiger partial charge in [0.25, 0.3) is 0 Å². The Bertz CT molecular complexity index is 1280. The fourth-order valence-corrected chi connectivity index (χ4v) is 5.08. The first-order chi connectivity index (χ1) is 18.1. The van der Waals surface area contributed by atoms with E-state index in [9.17, 15) is 0 Å². The monoisotopic (exact) mass is 560 g/mol. The van der Waals surface area contributed by atoms with Crippen molar-refractivity contribution in [3.05, 3.63) is 100 Å². The molecule has 0 aliphatic rings. The number of rotatable bonds is 14. The minimum atomic E-state index is 0.318. The van der Waals surface area contributed by atoms with Gasteiger partial charge in [0, 0.05) is 43.2 Å². The van der Waals surface area contributed by atoms with E-state index in [1.807, 2.05) is 23.0 Å². The van der Waals surface area contributed by atoms with Gasteiger partial charge in [-0.1, -0.05) is 44.7 Å². The van der Waals surface area contributed by atoms with Crippen molar-refractivity contribution < 1.29 is 0 Å². The van der Waals surface area contributed by atoms with Gasteiger partial charge in [0.1, 0.15) is 5.82 Å². The molecule has 4 rings (SSSR count). The topological polar surface area (TPSA) is 67.1 Å². The highest BCUT2D eigenvalue weighted by Gasteiger charge is 2.18. The number of hydrogen-bond donors (Lipinski definition) is 2. The molecule has 0 aliphatic carbocycles. The molecule has 0 radical (unpaired) electrons. The summed E-state index contributed by atoms with van der Waals surface area (Å²) >= 11 is 3.65. The summed E-state index contributed by atoms with van der Waals surface area (Å²) in [7, 11) is 0. The van der Waals surface area contributed by atoms with Crippen LogP contribution in [0.5, 0.6) is 0 Å². The van der Waals surface area contributed by atoms with Gasteiger partial charge in [-0.3, -0.25) is 4.98 Å². The first-order valence-electron chi connectivity index (χ1n) is 13.2. The van der Waals surface area contributed by atoms with Gasteiger partial charge in [-0.05, 0) is 89.0 Å². The molecule has 3 heterocycles. The van der Waals surface area contributed by atoms with E-state index in [4.69, 9.17) is 4.98 Å². The smallest absolute Gasteiger partial charge is 0.171 e. The van der Waals surface area contributed by atoms with Crippen LogP contribution in [0.25, 0.3) is 5.65 Å². The van der Waals surface area contributed by atoms with E-state index < -0.39 is 0 Å². The number of hydrogen-bond acceptors (Lipinski definition) is 5. The van der Waals surface area contributed by atoms with Crippen molar-refractivity contribution in [3.8, 4) is 0 Å². The molecule has 2 N–H and O–H groups in total. The van der Waals surface area contributed by atoms with Crippen molar-refractivity contribution in [2.24, 2.45) is 0 Å². The Morgan fingerprint density at radius 1 is 1.03 bits per heavy atom. The Labute approximate surface area is 228 Å². The number of anilines is 1. The minimum Gasteiger partial charge on any atom is -0.391 e. The van der Waals surface area contributed by atoms with Crippen LogP contribution in [0.15, 0.2) is 72.2 Å². The molecule has 7 heteroatoms. The largest absolute Gasteiger partial charge is 0.391 e. The third kappa shape index (κ3) is 7.19. The fraction of sp³-hybridized carbons (Fsp3) is 0.367. The highest BCUT2D eigenvalue weighted by molar-refractivity contribution is 9.10. The Morgan fingerprint density at radius 3 is 2.51 bits per heavy atom. The Hall–Kier alpha value is -3.19. The van der Waals surface area contributed by atoms with E-state index in [1.165, 1.54) is 16.7 Å². The lowest BCUT2D eigenvalue weighted by Gasteiger charge is -2.19. The molecule has 6 nitrogen and oxygen atoms in total.